The number of ether oxygens (including phenoxy) is 5. The second-order valence-corrected chi connectivity index (χ2v) is 34.6. The van der Waals surface area contributed by atoms with Crippen molar-refractivity contribution in [1.29, 1.82) is 0 Å². The van der Waals surface area contributed by atoms with Crippen molar-refractivity contribution in [1.82, 2.24) is 0 Å². The first-order valence-corrected chi connectivity index (χ1v) is 43.7. The summed E-state index contributed by atoms with van der Waals surface area (Å²) in [5.74, 6) is 0.106. The minimum Gasteiger partial charge on any atom is -0.380 e. The normalized spacial score (nSPS) is 11.1. The Kier molecular flexibility index (Phi) is 38.0. The van der Waals surface area contributed by atoms with Gasteiger partial charge in [-0.05, 0) is 231 Å². The van der Waals surface area contributed by atoms with E-state index in [0.29, 0.717) is 94.8 Å². The molecule has 0 N–H and O–H groups in total. The number of carbonyl (C=O) groups excluding carboxylic acids is 2. The van der Waals surface area contributed by atoms with Crippen molar-refractivity contribution >= 4 is 128 Å². The maximum absolute atomic E-state index is 12.1. The van der Waals surface area contributed by atoms with Crippen LogP contribution in [0.1, 0.15) is 82.2 Å². The molecule has 0 heterocycles. The molecule has 10 rings (SSSR count). The number of rotatable bonds is 29. The summed E-state index contributed by atoms with van der Waals surface area (Å²) in [6.45, 7) is 14.3. The summed E-state index contributed by atoms with van der Waals surface area (Å²) >= 11 is 29.7. The van der Waals surface area contributed by atoms with Gasteiger partial charge in [-0.3, -0.25) is 22.5 Å². The highest BCUT2D eigenvalue weighted by Gasteiger charge is 2.23. The van der Waals surface area contributed by atoms with E-state index in [4.69, 9.17) is 81.7 Å². The Hall–Kier alpha value is -8.36. The van der Waals surface area contributed by atoms with E-state index in [0.717, 1.165) is 108 Å². The summed E-state index contributed by atoms with van der Waals surface area (Å²) in [5, 5.41) is 3.44. The highest BCUT2D eigenvalue weighted by Crippen LogP contribution is 2.36. The Morgan fingerprint density at radius 2 is 0.588 bits per heavy atom. The van der Waals surface area contributed by atoms with Crippen LogP contribution in [-0.2, 0) is 96.4 Å². The molecule has 10 aromatic rings. The van der Waals surface area contributed by atoms with Crippen LogP contribution in [0.15, 0.2) is 212 Å². The van der Waals surface area contributed by atoms with Gasteiger partial charge >= 0.3 is 0 Å². The molecular formula is C88H102Cl5N5O13S3. The molecule has 0 aliphatic rings. The van der Waals surface area contributed by atoms with Crippen molar-refractivity contribution in [3.05, 3.63) is 265 Å². The minimum atomic E-state index is -3.32. The number of sulfonamides is 3. The number of hydrogen-bond donors (Lipinski definition) is 0. The second-order valence-electron chi connectivity index (χ2n) is 26.3. The Labute approximate surface area is 700 Å². The average molecular weight is 1710 g/mol. The Bertz CT molecular complexity index is 5130. The average Bonchev–Trinajstić information content (AvgIpc) is 0.820. The Morgan fingerprint density at radius 1 is 0.333 bits per heavy atom. The number of halogens is 5. The summed E-state index contributed by atoms with van der Waals surface area (Å²) in [6.07, 6.45) is 4.09. The maximum atomic E-state index is 12.1. The predicted octanol–water partition coefficient (Wildman–Crippen LogP) is 21.3. The largest absolute Gasteiger partial charge is 0.380 e. The van der Waals surface area contributed by atoms with Crippen LogP contribution >= 0.6 is 58.0 Å². The van der Waals surface area contributed by atoms with Crippen LogP contribution in [0.3, 0.4) is 0 Å². The van der Waals surface area contributed by atoms with E-state index in [1.54, 1.807) is 86.3 Å². The smallest absolute Gasteiger partial charge is 0.234 e. The fourth-order valence-corrected chi connectivity index (χ4v) is 15.7. The number of nitrogens with zero attached hydrogens (tertiary/aromatic N) is 5. The number of methoxy groups -OCH3 is 5. The lowest BCUT2D eigenvalue weighted by atomic mass is 9.99. The predicted molar refractivity (Wildman–Crippen MR) is 474 cm³/mol. The molecule has 114 heavy (non-hydrogen) atoms. The first-order valence-electron chi connectivity index (χ1n) is 36.5. The van der Waals surface area contributed by atoms with Crippen LogP contribution in [0.4, 0.5) is 28.4 Å². The highest BCUT2D eigenvalue weighted by molar-refractivity contribution is 7.93. The topological polar surface area (TPSA) is 199 Å². The molecular weight excluding hydrogens is 1610 g/mol. The SMILES string of the molecule is CCCN(C(C)=O)c1ccc(-c2ccc(Cl)cc2)c(COC)c1.CCCN(c1ccc(-c2ccc(Cl)cc2)c(COC)c1)S(C)(=O)=O.CCN(c1ccc(-c2ccc(Cl)cc2)c(COC)c1)S(C)(=O)=O.CCS(=O)(=O)N(C)c1ccc(-c2ccc(Cl)cc2)c(COC)c1.COCc1cc(N(C)C(C)=O)ccc1-c1ccc(Cl)cc1. The van der Waals surface area contributed by atoms with Crippen LogP contribution < -0.4 is 22.7 Å². The zero-order chi connectivity index (χ0) is 84.0. The summed E-state index contributed by atoms with van der Waals surface area (Å²) in [6, 6.07) is 66.8. The fourth-order valence-electron chi connectivity index (χ4n) is 12.2. The lowest BCUT2D eigenvalue weighted by molar-refractivity contribution is -0.117. The molecule has 0 atom stereocenters. The van der Waals surface area contributed by atoms with Gasteiger partial charge in [0, 0.05) is 120 Å². The molecule has 0 saturated heterocycles. The van der Waals surface area contributed by atoms with Crippen molar-refractivity contribution in [2.24, 2.45) is 0 Å². The number of amides is 2. The minimum absolute atomic E-state index is 0.00221. The summed E-state index contributed by atoms with van der Waals surface area (Å²) in [5.41, 5.74) is 18.9. The van der Waals surface area contributed by atoms with Gasteiger partial charge in [-0.25, -0.2) is 25.3 Å². The molecule has 0 radical (unpaired) electrons. The zero-order valence-electron chi connectivity index (χ0n) is 67.1. The molecule has 0 saturated carbocycles. The summed E-state index contributed by atoms with van der Waals surface area (Å²) in [7, 11) is 1.59. The zero-order valence-corrected chi connectivity index (χ0v) is 73.4. The number of hydrogen-bond acceptors (Lipinski definition) is 13. The third-order valence-electron chi connectivity index (χ3n) is 18.0. The van der Waals surface area contributed by atoms with Crippen LogP contribution in [0, 0.1) is 0 Å². The summed E-state index contributed by atoms with van der Waals surface area (Å²) in [4.78, 5) is 26.8. The molecule has 26 heteroatoms. The van der Waals surface area contributed by atoms with E-state index in [-0.39, 0.29) is 17.6 Å². The van der Waals surface area contributed by atoms with Gasteiger partial charge in [0.15, 0.2) is 0 Å². The molecule has 0 aliphatic heterocycles. The fraction of sp³-hybridized carbons (Fsp3) is 0.295. The van der Waals surface area contributed by atoms with Crippen molar-refractivity contribution < 1.29 is 58.5 Å². The van der Waals surface area contributed by atoms with Crippen LogP contribution in [0.25, 0.3) is 55.6 Å². The molecule has 0 aromatic heterocycles. The van der Waals surface area contributed by atoms with Gasteiger partial charge in [0.25, 0.3) is 0 Å². The van der Waals surface area contributed by atoms with Gasteiger partial charge < -0.3 is 33.5 Å². The lowest BCUT2D eigenvalue weighted by Gasteiger charge is -2.23. The van der Waals surface area contributed by atoms with E-state index in [2.05, 4.69) is 6.92 Å². The number of anilines is 5. The molecule has 10 aromatic carbocycles. The van der Waals surface area contributed by atoms with E-state index in [1.807, 2.05) is 220 Å². The van der Waals surface area contributed by atoms with E-state index >= 15 is 0 Å². The highest BCUT2D eigenvalue weighted by atomic mass is 35.5. The van der Waals surface area contributed by atoms with E-state index in [9.17, 15) is 34.8 Å². The second kappa shape index (κ2) is 45.8. The number of carbonyl (C=O) groups is 2. The van der Waals surface area contributed by atoms with Crippen LogP contribution in [-0.4, -0.2) is 125 Å². The lowest BCUT2D eigenvalue weighted by Crippen LogP contribution is -2.30. The third-order valence-corrected chi connectivity index (χ3v) is 23.5. The van der Waals surface area contributed by atoms with Crippen molar-refractivity contribution in [2.45, 2.75) is 87.4 Å². The van der Waals surface area contributed by atoms with E-state index < -0.39 is 30.1 Å². The molecule has 0 spiro atoms. The van der Waals surface area contributed by atoms with Crippen LogP contribution in [0.2, 0.25) is 25.1 Å². The monoisotopic (exact) mass is 1710 g/mol. The van der Waals surface area contributed by atoms with Crippen LogP contribution in [0.5, 0.6) is 0 Å². The third kappa shape index (κ3) is 27.7. The first kappa shape index (κ1) is 94.5. The van der Waals surface area contributed by atoms with Gasteiger partial charge in [0.1, 0.15) is 0 Å². The van der Waals surface area contributed by atoms with Gasteiger partial charge in [0.2, 0.25) is 41.9 Å². The quantitative estimate of drug-likeness (QED) is 0.0429. The maximum Gasteiger partial charge on any atom is 0.234 e. The van der Waals surface area contributed by atoms with Gasteiger partial charge in [-0.15, -0.1) is 0 Å². The van der Waals surface area contributed by atoms with E-state index in [1.165, 1.54) is 25.4 Å². The molecule has 0 unspecified atom stereocenters. The molecule has 2 amide bonds. The molecule has 0 aliphatic carbocycles. The van der Waals surface area contributed by atoms with Crippen molar-refractivity contribution in [3.63, 3.8) is 0 Å². The van der Waals surface area contributed by atoms with Crippen molar-refractivity contribution in [3.8, 4) is 55.6 Å². The molecule has 610 valence electrons. The molecule has 0 bridgehead atoms. The number of benzene rings is 10. The Balaban J connectivity index is 0.000000222. The van der Waals surface area contributed by atoms with Gasteiger partial charge in [-0.2, -0.15) is 0 Å². The standard InChI is InChI=1S/C19H22ClNO2.C18H22ClNO3S.2C17H20ClNO3S.C17H18ClNO2/c1-4-11-21(14(2)22)18-9-10-19(16(12-18)13-23-3)15-5-7-17(20)8-6-15;1-4-11-20(24(3,21)22)17-9-10-18(15(12-17)13-23-2)14-5-7-16(19)8-6-14;1-4-19(23(3,20)21)16-9-10-17(14(11-16)12-22-2)13-5-7-15(18)8-6-13;1-4-23(20,21)19(2)16-9-10-17(14(11-16)12-22-3)13-5-7-15(18)8-6-13;1-12(20)19(2)16-8-9-17(14(10-16)11-21-3)13-4-6-15(18)7-5-13/h5-10,12H,4,11,13H2,1-3H3;5-10,12H,4,11,13H2,1-3H3;2*5-11H,4,12H2,1-3H3;4-10H,11H2,1-3H3. The van der Waals surface area contributed by atoms with Gasteiger partial charge in [0.05, 0.1) is 68.4 Å². The van der Waals surface area contributed by atoms with Crippen molar-refractivity contribution in [2.75, 3.05) is 110 Å². The summed E-state index contributed by atoms with van der Waals surface area (Å²) < 4.78 is 103. The molecule has 0 fully saturated rings. The molecule has 18 nitrogen and oxygen atoms in total. The van der Waals surface area contributed by atoms with Gasteiger partial charge in [-0.1, -0.05) is 163 Å². The first-order chi connectivity index (χ1) is 54.2. The Morgan fingerprint density at radius 3 is 0.842 bits per heavy atom.